The number of carbonyl (C=O) groups is 2. The molecule has 124 valence electrons. The maximum atomic E-state index is 12.5. The molecule has 0 saturated heterocycles. The fraction of sp³-hybridized carbons (Fsp3) is 0.158. The van der Waals surface area contributed by atoms with Crippen molar-refractivity contribution < 1.29 is 14.3 Å². The van der Waals surface area contributed by atoms with Crippen molar-refractivity contribution in [2.45, 2.75) is 19.8 Å². The van der Waals surface area contributed by atoms with E-state index in [1.165, 1.54) is 0 Å². The van der Waals surface area contributed by atoms with Crippen LogP contribution < -0.4 is 4.74 Å². The molecule has 0 aliphatic rings. The number of rotatable bonds is 6. The van der Waals surface area contributed by atoms with Crippen LogP contribution in [0.1, 0.15) is 35.7 Å². The Balaban J connectivity index is 2.21. The van der Waals surface area contributed by atoms with Gasteiger partial charge in [0.05, 0.1) is 13.6 Å². The first-order chi connectivity index (χ1) is 11.5. The summed E-state index contributed by atoms with van der Waals surface area (Å²) in [5, 5.41) is 0. The van der Waals surface area contributed by atoms with Crippen LogP contribution in [-0.2, 0) is 4.79 Å². The van der Waals surface area contributed by atoms with Crippen molar-refractivity contribution in [1.82, 2.24) is 0 Å². The van der Waals surface area contributed by atoms with Gasteiger partial charge in [0.1, 0.15) is 0 Å². The lowest BCUT2D eigenvalue weighted by Gasteiger charge is -2.10. The number of hydrogen-bond donors (Lipinski definition) is 0. The van der Waals surface area contributed by atoms with E-state index in [1.807, 2.05) is 31.2 Å². The Morgan fingerprint density at radius 1 is 1.00 bits per heavy atom. The molecule has 0 aliphatic heterocycles. The van der Waals surface area contributed by atoms with E-state index in [0.29, 0.717) is 16.9 Å². The van der Waals surface area contributed by atoms with Gasteiger partial charge in [0.2, 0.25) is 0 Å². The summed E-state index contributed by atoms with van der Waals surface area (Å²) in [6, 6.07) is 12.6. The second-order valence-corrected chi connectivity index (χ2v) is 7.35. The summed E-state index contributed by atoms with van der Waals surface area (Å²) >= 11 is 4.18. The van der Waals surface area contributed by atoms with Crippen molar-refractivity contribution in [3.63, 3.8) is 0 Å². The van der Waals surface area contributed by atoms with E-state index in [9.17, 15) is 9.59 Å². The summed E-state index contributed by atoms with van der Waals surface area (Å²) in [6.07, 6.45) is 4.86. The van der Waals surface area contributed by atoms with E-state index in [4.69, 9.17) is 4.74 Å². The fourth-order valence-corrected chi connectivity index (χ4v) is 4.03. The standard InChI is InChI=1S/C19H16I2O3/c1-2-3-5-10-17(22)24-19-15(20)11-14(12-16(19)21)18(23)13-8-6-4-7-9-13/h3-9,11-12H,2,10H2,1H3/b5-3+. The molecular formula is C19H16I2O3. The van der Waals surface area contributed by atoms with E-state index >= 15 is 0 Å². The van der Waals surface area contributed by atoms with Crippen molar-refractivity contribution in [2.75, 3.05) is 0 Å². The second kappa shape index (κ2) is 9.31. The van der Waals surface area contributed by atoms with Gasteiger partial charge in [-0.15, -0.1) is 0 Å². The molecule has 0 atom stereocenters. The molecule has 0 radical (unpaired) electrons. The monoisotopic (exact) mass is 546 g/mol. The SMILES string of the molecule is CC/C=C/CC(=O)Oc1c(I)cc(C(=O)c2ccccc2)cc1I. The summed E-state index contributed by atoms with van der Waals surface area (Å²) in [5.41, 5.74) is 1.22. The Morgan fingerprint density at radius 3 is 2.21 bits per heavy atom. The quantitative estimate of drug-likeness (QED) is 0.161. The normalized spacial score (nSPS) is 10.8. The number of carbonyl (C=O) groups excluding carboxylic acids is 2. The van der Waals surface area contributed by atoms with Gasteiger partial charge in [0, 0.05) is 11.1 Å². The molecule has 0 amide bonds. The van der Waals surface area contributed by atoms with Crippen molar-refractivity contribution >= 4 is 56.9 Å². The number of hydrogen-bond acceptors (Lipinski definition) is 3. The highest BCUT2D eigenvalue weighted by Gasteiger charge is 2.16. The van der Waals surface area contributed by atoms with E-state index in [0.717, 1.165) is 13.6 Å². The summed E-state index contributed by atoms with van der Waals surface area (Å²) in [4.78, 5) is 24.4. The van der Waals surface area contributed by atoms with Gasteiger partial charge >= 0.3 is 5.97 Å². The molecule has 2 aromatic carbocycles. The maximum absolute atomic E-state index is 12.5. The van der Waals surface area contributed by atoms with Crippen LogP contribution in [0.25, 0.3) is 0 Å². The van der Waals surface area contributed by atoms with Crippen LogP contribution in [0, 0.1) is 7.14 Å². The summed E-state index contributed by atoms with van der Waals surface area (Å²) in [6.45, 7) is 2.01. The van der Waals surface area contributed by atoms with Gasteiger partial charge < -0.3 is 4.74 Å². The highest BCUT2D eigenvalue weighted by atomic mass is 127. The average Bonchev–Trinajstić information content (AvgIpc) is 2.58. The Hall–Kier alpha value is -1.22. The fourth-order valence-electron chi connectivity index (χ4n) is 2.05. The summed E-state index contributed by atoms with van der Waals surface area (Å²) < 4.78 is 6.93. The molecule has 0 bridgehead atoms. The molecule has 24 heavy (non-hydrogen) atoms. The molecule has 0 spiro atoms. The van der Waals surface area contributed by atoms with Crippen LogP contribution in [0.2, 0.25) is 0 Å². The predicted octanol–water partition coefficient (Wildman–Crippen LogP) is 5.39. The van der Waals surface area contributed by atoms with Crippen LogP contribution in [0.4, 0.5) is 0 Å². The van der Waals surface area contributed by atoms with Crippen LogP contribution in [-0.4, -0.2) is 11.8 Å². The third kappa shape index (κ3) is 5.14. The molecule has 0 N–H and O–H groups in total. The molecule has 5 heteroatoms. The first kappa shape index (κ1) is 19.1. The third-order valence-corrected chi connectivity index (χ3v) is 4.80. The van der Waals surface area contributed by atoms with Crippen molar-refractivity contribution in [3.05, 3.63) is 72.9 Å². The zero-order chi connectivity index (χ0) is 17.5. The van der Waals surface area contributed by atoms with Crippen molar-refractivity contribution in [1.29, 1.82) is 0 Å². The molecule has 0 aliphatic carbocycles. The van der Waals surface area contributed by atoms with Gasteiger partial charge in [-0.2, -0.15) is 0 Å². The topological polar surface area (TPSA) is 43.4 Å². The average molecular weight is 546 g/mol. The lowest BCUT2D eigenvalue weighted by Crippen LogP contribution is -2.10. The lowest BCUT2D eigenvalue weighted by atomic mass is 10.0. The number of allylic oxidation sites excluding steroid dienone is 1. The number of ether oxygens (including phenoxy) is 1. The number of esters is 1. The minimum atomic E-state index is -0.308. The van der Waals surface area contributed by atoms with Gasteiger partial charge in [-0.1, -0.05) is 49.4 Å². The van der Waals surface area contributed by atoms with Gasteiger partial charge in [-0.25, -0.2) is 0 Å². The molecule has 0 unspecified atom stereocenters. The van der Waals surface area contributed by atoms with Gasteiger partial charge in [-0.05, 0) is 63.7 Å². The molecule has 0 heterocycles. The minimum Gasteiger partial charge on any atom is -0.424 e. The molecule has 0 saturated carbocycles. The van der Waals surface area contributed by atoms with E-state index in [2.05, 4.69) is 45.2 Å². The highest BCUT2D eigenvalue weighted by Crippen LogP contribution is 2.30. The van der Waals surface area contributed by atoms with E-state index < -0.39 is 0 Å². The first-order valence-corrected chi connectivity index (χ1v) is 9.63. The molecule has 0 fully saturated rings. The zero-order valence-corrected chi connectivity index (χ0v) is 17.4. The highest BCUT2D eigenvalue weighted by molar-refractivity contribution is 14.1. The number of ketones is 1. The Bertz CT molecular complexity index is 744. The third-order valence-electron chi connectivity index (χ3n) is 3.20. The minimum absolute atomic E-state index is 0.0461. The van der Waals surface area contributed by atoms with Crippen LogP contribution in [0.5, 0.6) is 5.75 Å². The number of benzene rings is 2. The second-order valence-electron chi connectivity index (χ2n) is 5.02. The van der Waals surface area contributed by atoms with Crippen LogP contribution >= 0.6 is 45.2 Å². The van der Waals surface area contributed by atoms with Crippen LogP contribution in [0.3, 0.4) is 0 Å². The maximum Gasteiger partial charge on any atom is 0.315 e. The summed E-state index contributed by atoms with van der Waals surface area (Å²) in [7, 11) is 0. The zero-order valence-electron chi connectivity index (χ0n) is 13.1. The Morgan fingerprint density at radius 2 is 1.62 bits per heavy atom. The Kier molecular flexibility index (Phi) is 7.41. The first-order valence-electron chi connectivity index (χ1n) is 7.47. The Labute approximate surface area is 168 Å². The molecule has 0 aromatic heterocycles. The van der Waals surface area contributed by atoms with Crippen LogP contribution in [0.15, 0.2) is 54.6 Å². The number of halogens is 2. The van der Waals surface area contributed by atoms with Crippen molar-refractivity contribution in [2.24, 2.45) is 0 Å². The van der Waals surface area contributed by atoms with E-state index in [1.54, 1.807) is 30.3 Å². The van der Waals surface area contributed by atoms with Gasteiger partial charge in [-0.3, -0.25) is 9.59 Å². The van der Waals surface area contributed by atoms with Gasteiger partial charge in [0.25, 0.3) is 0 Å². The van der Waals surface area contributed by atoms with Gasteiger partial charge in [0.15, 0.2) is 11.5 Å². The lowest BCUT2D eigenvalue weighted by molar-refractivity contribution is -0.133. The molecule has 2 aromatic rings. The largest absolute Gasteiger partial charge is 0.424 e. The van der Waals surface area contributed by atoms with E-state index in [-0.39, 0.29) is 18.2 Å². The predicted molar refractivity (Wildman–Crippen MR) is 111 cm³/mol. The molecular weight excluding hydrogens is 530 g/mol. The molecule has 3 nitrogen and oxygen atoms in total. The van der Waals surface area contributed by atoms with Crippen molar-refractivity contribution in [3.8, 4) is 5.75 Å². The smallest absolute Gasteiger partial charge is 0.315 e. The molecule has 2 rings (SSSR count). The summed E-state index contributed by atoms with van der Waals surface area (Å²) in [5.74, 6) is 0.156.